The van der Waals surface area contributed by atoms with E-state index in [9.17, 15) is 0 Å². The van der Waals surface area contributed by atoms with Gasteiger partial charge in [-0.05, 0) is 36.9 Å². The van der Waals surface area contributed by atoms with Gasteiger partial charge in [0.1, 0.15) is 13.2 Å². The molecule has 1 aliphatic carbocycles. The summed E-state index contributed by atoms with van der Waals surface area (Å²) in [4.78, 5) is 5.16. The van der Waals surface area contributed by atoms with Crippen LogP contribution in [0.2, 0.25) is 0 Å². The Bertz CT molecular complexity index is 590. The number of piperazine rings is 1. The lowest BCUT2D eigenvalue weighted by Gasteiger charge is -2.37. The molecule has 0 amide bonds. The van der Waals surface area contributed by atoms with Gasteiger partial charge in [-0.2, -0.15) is 0 Å². The van der Waals surface area contributed by atoms with Gasteiger partial charge in [-0.3, -0.25) is 4.90 Å². The van der Waals surface area contributed by atoms with Gasteiger partial charge in [-0.15, -0.1) is 0 Å². The minimum atomic E-state index is 0.657. The van der Waals surface area contributed by atoms with Gasteiger partial charge in [0, 0.05) is 37.9 Å². The average Bonchev–Trinajstić information content (AvgIpc) is 2.73. The normalized spacial score (nSPS) is 26.2. The molecule has 27 heavy (non-hydrogen) atoms. The first-order valence-corrected chi connectivity index (χ1v) is 11.2. The maximum Gasteiger partial charge on any atom is 0.163 e. The van der Waals surface area contributed by atoms with Gasteiger partial charge < -0.3 is 14.4 Å². The van der Waals surface area contributed by atoms with Crippen molar-refractivity contribution in [1.29, 1.82) is 0 Å². The van der Waals surface area contributed by atoms with Crippen LogP contribution in [0.5, 0.6) is 11.5 Å². The lowest BCUT2D eigenvalue weighted by atomic mass is 9.79. The Morgan fingerprint density at radius 3 is 2.22 bits per heavy atom. The Kier molecular flexibility index (Phi) is 6.43. The molecule has 2 aliphatic heterocycles. The first kappa shape index (κ1) is 18.9. The third-order valence-corrected chi connectivity index (χ3v) is 6.78. The summed E-state index contributed by atoms with van der Waals surface area (Å²) in [6.07, 6.45) is 10.1. The standard InChI is InChI=1S/C23H36N2O2/c1-2-3-19-4-6-20(7-5-19)10-11-24-12-14-25(15-13-24)21-8-9-22-23(18-21)27-17-16-26-22/h8-9,18-20H,2-7,10-17H2,1H3. The quantitative estimate of drug-likeness (QED) is 0.730. The summed E-state index contributed by atoms with van der Waals surface area (Å²) >= 11 is 0. The minimum Gasteiger partial charge on any atom is -0.486 e. The van der Waals surface area contributed by atoms with Gasteiger partial charge in [0.05, 0.1) is 0 Å². The van der Waals surface area contributed by atoms with Crippen molar-refractivity contribution in [3.8, 4) is 11.5 Å². The van der Waals surface area contributed by atoms with Crippen LogP contribution in [-0.2, 0) is 0 Å². The van der Waals surface area contributed by atoms with Crippen molar-refractivity contribution in [2.75, 3.05) is 50.8 Å². The van der Waals surface area contributed by atoms with Crippen LogP contribution in [0, 0.1) is 11.8 Å². The molecule has 3 aliphatic rings. The molecular formula is C23H36N2O2. The lowest BCUT2D eigenvalue weighted by molar-refractivity contribution is 0.171. The van der Waals surface area contributed by atoms with E-state index in [1.807, 2.05) is 0 Å². The molecule has 1 saturated carbocycles. The molecule has 0 radical (unpaired) electrons. The van der Waals surface area contributed by atoms with Crippen molar-refractivity contribution in [2.45, 2.75) is 51.9 Å². The van der Waals surface area contributed by atoms with E-state index in [4.69, 9.17) is 9.47 Å². The number of hydrogen-bond donors (Lipinski definition) is 0. The highest BCUT2D eigenvalue weighted by atomic mass is 16.6. The second-order valence-corrected chi connectivity index (χ2v) is 8.62. The highest BCUT2D eigenvalue weighted by molar-refractivity contribution is 5.57. The number of fused-ring (bicyclic) bond motifs is 1. The maximum absolute atomic E-state index is 5.74. The van der Waals surface area contributed by atoms with Crippen LogP contribution in [0.3, 0.4) is 0 Å². The van der Waals surface area contributed by atoms with E-state index in [0.29, 0.717) is 13.2 Å². The molecule has 2 heterocycles. The first-order chi connectivity index (χ1) is 13.3. The van der Waals surface area contributed by atoms with Gasteiger partial charge in [0.2, 0.25) is 0 Å². The Labute approximate surface area is 164 Å². The van der Waals surface area contributed by atoms with E-state index in [2.05, 4.69) is 34.9 Å². The lowest BCUT2D eigenvalue weighted by Crippen LogP contribution is -2.47. The second-order valence-electron chi connectivity index (χ2n) is 8.62. The predicted octanol–water partition coefficient (Wildman–Crippen LogP) is 4.58. The van der Waals surface area contributed by atoms with Crippen molar-refractivity contribution in [3.05, 3.63) is 18.2 Å². The molecule has 2 fully saturated rings. The number of rotatable bonds is 6. The smallest absolute Gasteiger partial charge is 0.163 e. The Morgan fingerprint density at radius 2 is 1.52 bits per heavy atom. The van der Waals surface area contributed by atoms with Crippen LogP contribution < -0.4 is 14.4 Å². The van der Waals surface area contributed by atoms with Crippen molar-refractivity contribution >= 4 is 5.69 Å². The topological polar surface area (TPSA) is 24.9 Å². The number of hydrogen-bond acceptors (Lipinski definition) is 4. The monoisotopic (exact) mass is 372 g/mol. The Morgan fingerprint density at radius 1 is 0.852 bits per heavy atom. The second kappa shape index (κ2) is 9.18. The number of nitrogens with zero attached hydrogens (tertiary/aromatic N) is 2. The summed E-state index contributed by atoms with van der Waals surface area (Å²) in [6.45, 7) is 9.52. The third kappa shape index (κ3) is 4.90. The van der Waals surface area contributed by atoms with E-state index < -0.39 is 0 Å². The SMILES string of the molecule is CCCC1CCC(CCN2CCN(c3ccc4c(c3)OCCO4)CC2)CC1. The average molecular weight is 373 g/mol. The zero-order valence-electron chi connectivity index (χ0n) is 17.0. The van der Waals surface area contributed by atoms with Crippen LogP contribution >= 0.6 is 0 Å². The molecule has 4 nitrogen and oxygen atoms in total. The molecule has 0 spiro atoms. The fourth-order valence-electron chi connectivity index (χ4n) is 5.04. The molecule has 0 bridgehead atoms. The molecule has 150 valence electrons. The van der Waals surface area contributed by atoms with Crippen LogP contribution in [0.1, 0.15) is 51.9 Å². The first-order valence-electron chi connectivity index (χ1n) is 11.2. The van der Waals surface area contributed by atoms with Crippen LogP contribution in [0.25, 0.3) is 0 Å². The zero-order valence-corrected chi connectivity index (χ0v) is 17.0. The van der Waals surface area contributed by atoms with Gasteiger partial charge in [0.15, 0.2) is 11.5 Å². The van der Waals surface area contributed by atoms with Crippen LogP contribution in [0.4, 0.5) is 5.69 Å². The van der Waals surface area contributed by atoms with Crippen LogP contribution in [-0.4, -0.2) is 50.8 Å². The molecular weight excluding hydrogens is 336 g/mol. The highest BCUT2D eigenvalue weighted by Crippen LogP contribution is 2.35. The van der Waals surface area contributed by atoms with Gasteiger partial charge in [-0.1, -0.05) is 45.4 Å². The van der Waals surface area contributed by atoms with E-state index >= 15 is 0 Å². The van der Waals surface area contributed by atoms with Gasteiger partial charge in [-0.25, -0.2) is 0 Å². The summed E-state index contributed by atoms with van der Waals surface area (Å²) in [5.74, 6) is 3.80. The highest BCUT2D eigenvalue weighted by Gasteiger charge is 2.23. The molecule has 0 N–H and O–H groups in total. The molecule has 0 atom stereocenters. The Balaban J connectivity index is 1.19. The van der Waals surface area contributed by atoms with Crippen molar-refractivity contribution in [2.24, 2.45) is 11.8 Å². The molecule has 4 heteroatoms. The van der Waals surface area contributed by atoms with Crippen molar-refractivity contribution < 1.29 is 9.47 Å². The van der Waals surface area contributed by atoms with E-state index in [0.717, 1.165) is 36.4 Å². The molecule has 1 aromatic carbocycles. The molecule has 0 aromatic heterocycles. The molecule has 1 aromatic rings. The van der Waals surface area contributed by atoms with E-state index in [-0.39, 0.29) is 0 Å². The summed E-state index contributed by atoms with van der Waals surface area (Å²) in [5, 5.41) is 0. The molecule has 0 unspecified atom stereocenters. The number of ether oxygens (including phenoxy) is 2. The Hall–Kier alpha value is -1.42. The summed E-state index contributed by atoms with van der Waals surface area (Å²) in [7, 11) is 0. The van der Waals surface area contributed by atoms with E-state index in [1.165, 1.54) is 70.3 Å². The molecule has 1 saturated heterocycles. The third-order valence-electron chi connectivity index (χ3n) is 6.78. The van der Waals surface area contributed by atoms with E-state index in [1.54, 1.807) is 0 Å². The van der Waals surface area contributed by atoms with Crippen molar-refractivity contribution in [1.82, 2.24) is 4.90 Å². The summed E-state index contributed by atoms with van der Waals surface area (Å²) < 4.78 is 11.4. The summed E-state index contributed by atoms with van der Waals surface area (Å²) in [6, 6.07) is 6.39. The van der Waals surface area contributed by atoms with Gasteiger partial charge in [0.25, 0.3) is 0 Å². The maximum atomic E-state index is 5.74. The zero-order chi connectivity index (χ0) is 18.5. The van der Waals surface area contributed by atoms with Crippen LogP contribution in [0.15, 0.2) is 18.2 Å². The number of benzene rings is 1. The largest absolute Gasteiger partial charge is 0.486 e. The fourth-order valence-corrected chi connectivity index (χ4v) is 5.04. The van der Waals surface area contributed by atoms with Crippen molar-refractivity contribution in [3.63, 3.8) is 0 Å². The summed E-state index contributed by atoms with van der Waals surface area (Å²) in [5.41, 5.74) is 1.27. The minimum absolute atomic E-state index is 0.657. The number of anilines is 1. The van der Waals surface area contributed by atoms with Gasteiger partial charge >= 0.3 is 0 Å². The molecule has 4 rings (SSSR count). The predicted molar refractivity (Wildman–Crippen MR) is 111 cm³/mol. The fraction of sp³-hybridized carbons (Fsp3) is 0.739.